The highest BCUT2D eigenvalue weighted by Gasteiger charge is 2.16. The van der Waals surface area contributed by atoms with Gasteiger partial charge < -0.3 is 9.47 Å². The first-order valence-electron chi connectivity index (χ1n) is 5.88. The van der Waals surface area contributed by atoms with Crippen molar-refractivity contribution in [2.45, 2.75) is 20.8 Å². The van der Waals surface area contributed by atoms with Crippen LogP contribution in [0.2, 0.25) is 0 Å². The van der Waals surface area contributed by atoms with Gasteiger partial charge >= 0.3 is 11.9 Å². The third-order valence-electron chi connectivity index (χ3n) is 2.72. The Morgan fingerprint density at radius 1 is 1.00 bits per heavy atom. The van der Waals surface area contributed by atoms with Crippen LogP contribution in [0.1, 0.15) is 19.4 Å². The third-order valence-corrected chi connectivity index (χ3v) is 2.72. The first kappa shape index (κ1) is 13.1. The topological polar surface area (TPSA) is 52.6 Å². The van der Waals surface area contributed by atoms with Gasteiger partial charge in [-0.05, 0) is 23.8 Å². The van der Waals surface area contributed by atoms with Crippen LogP contribution in [-0.2, 0) is 9.59 Å². The van der Waals surface area contributed by atoms with Crippen molar-refractivity contribution >= 4 is 22.7 Å². The van der Waals surface area contributed by atoms with Crippen LogP contribution in [0.4, 0.5) is 0 Å². The Hall–Kier alpha value is -2.36. The van der Waals surface area contributed by atoms with Crippen LogP contribution in [0.25, 0.3) is 10.8 Å². The van der Waals surface area contributed by atoms with E-state index in [0.717, 1.165) is 16.3 Å². The number of ether oxygens (including phenoxy) is 2. The maximum absolute atomic E-state index is 11.2. The molecule has 2 aromatic rings. The van der Waals surface area contributed by atoms with Gasteiger partial charge in [-0.25, -0.2) is 0 Å². The second kappa shape index (κ2) is 5.10. The van der Waals surface area contributed by atoms with E-state index in [1.165, 1.54) is 13.8 Å². The van der Waals surface area contributed by atoms with E-state index in [4.69, 9.17) is 9.47 Å². The molecular formula is C15H14O4. The monoisotopic (exact) mass is 258 g/mol. The number of hydrogen-bond donors (Lipinski definition) is 0. The average Bonchev–Trinajstić information content (AvgIpc) is 2.33. The molecule has 0 fully saturated rings. The van der Waals surface area contributed by atoms with Crippen LogP contribution in [0, 0.1) is 6.92 Å². The second-order valence-electron chi connectivity index (χ2n) is 4.24. The highest BCUT2D eigenvalue weighted by Crippen LogP contribution is 2.37. The molecule has 0 bridgehead atoms. The van der Waals surface area contributed by atoms with E-state index in [2.05, 4.69) is 0 Å². The van der Waals surface area contributed by atoms with Crippen molar-refractivity contribution in [1.29, 1.82) is 0 Å². The van der Waals surface area contributed by atoms with Crippen molar-refractivity contribution in [1.82, 2.24) is 0 Å². The molecule has 0 aliphatic rings. The summed E-state index contributed by atoms with van der Waals surface area (Å²) >= 11 is 0. The van der Waals surface area contributed by atoms with E-state index >= 15 is 0 Å². The van der Waals surface area contributed by atoms with Crippen LogP contribution < -0.4 is 9.47 Å². The quantitative estimate of drug-likeness (QED) is 0.613. The summed E-state index contributed by atoms with van der Waals surface area (Å²) in [7, 11) is 0. The molecule has 0 saturated carbocycles. The predicted octanol–water partition coefficient (Wildman–Crippen LogP) is 3.00. The van der Waals surface area contributed by atoms with Gasteiger partial charge in [0.25, 0.3) is 0 Å². The van der Waals surface area contributed by atoms with E-state index in [1.54, 1.807) is 6.07 Å². The van der Waals surface area contributed by atoms with Crippen LogP contribution >= 0.6 is 0 Å². The number of hydrogen-bond acceptors (Lipinski definition) is 4. The molecule has 0 aliphatic carbocycles. The van der Waals surface area contributed by atoms with Gasteiger partial charge in [-0.3, -0.25) is 9.59 Å². The van der Waals surface area contributed by atoms with Crippen molar-refractivity contribution in [2.24, 2.45) is 0 Å². The van der Waals surface area contributed by atoms with E-state index in [0.29, 0.717) is 5.75 Å². The van der Waals surface area contributed by atoms with Gasteiger partial charge in [0.15, 0.2) is 11.5 Å². The molecule has 0 aliphatic heterocycles. The Morgan fingerprint density at radius 2 is 1.63 bits per heavy atom. The lowest BCUT2D eigenvalue weighted by atomic mass is 10.0. The maximum Gasteiger partial charge on any atom is 0.308 e. The largest absolute Gasteiger partial charge is 0.423 e. The molecule has 0 spiro atoms. The summed E-state index contributed by atoms with van der Waals surface area (Å²) in [4.78, 5) is 22.3. The molecule has 0 N–H and O–H groups in total. The normalized spacial score (nSPS) is 10.3. The van der Waals surface area contributed by atoms with E-state index < -0.39 is 11.9 Å². The summed E-state index contributed by atoms with van der Waals surface area (Å²) in [5, 5.41) is 1.88. The molecule has 4 nitrogen and oxygen atoms in total. The SMILES string of the molecule is CC(=O)Oc1cc2ccccc2c(C)c1OC(C)=O. The molecule has 19 heavy (non-hydrogen) atoms. The number of aryl methyl sites for hydroxylation is 1. The molecule has 4 heteroatoms. The molecule has 2 rings (SSSR count). The molecule has 2 aromatic carbocycles. The molecule has 0 atom stereocenters. The Balaban J connectivity index is 2.68. The Morgan fingerprint density at radius 3 is 2.26 bits per heavy atom. The number of benzene rings is 2. The Kier molecular flexibility index (Phi) is 3.51. The van der Waals surface area contributed by atoms with E-state index in [1.807, 2.05) is 31.2 Å². The summed E-state index contributed by atoms with van der Waals surface area (Å²) < 4.78 is 10.3. The summed E-state index contributed by atoms with van der Waals surface area (Å²) in [6, 6.07) is 9.33. The summed E-state index contributed by atoms with van der Waals surface area (Å²) in [6.45, 7) is 4.45. The summed E-state index contributed by atoms with van der Waals surface area (Å²) in [5.74, 6) is -0.352. The average molecular weight is 258 g/mol. The fraction of sp³-hybridized carbons (Fsp3) is 0.200. The van der Waals surface area contributed by atoms with Gasteiger partial charge in [-0.15, -0.1) is 0 Å². The first-order valence-corrected chi connectivity index (χ1v) is 5.88. The zero-order chi connectivity index (χ0) is 14.0. The standard InChI is InChI=1S/C15H14O4/c1-9-13-7-5-4-6-12(13)8-14(18-10(2)16)15(9)19-11(3)17/h4-8H,1-3H3. The summed E-state index contributed by atoms with van der Waals surface area (Å²) in [5.41, 5.74) is 0.768. The van der Waals surface area contributed by atoms with Crippen molar-refractivity contribution in [3.05, 3.63) is 35.9 Å². The zero-order valence-corrected chi connectivity index (χ0v) is 11.0. The molecule has 0 aromatic heterocycles. The van der Waals surface area contributed by atoms with Crippen LogP contribution in [0.3, 0.4) is 0 Å². The van der Waals surface area contributed by atoms with Gasteiger partial charge in [0.2, 0.25) is 0 Å². The number of carbonyl (C=O) groups is 2. The number of rotatable bonds is 2. The fourth-order valence-electron chi connectivity index (χ4n) is 1.98. The van der Waals surface area contributed by atoms with Crippen LogP contribution in [0.15, 0.2) is 30.3 Å². The van der Waals surface area contributed by atoms with Crippen LogP contribution in [-0.4, -0.2) is 11.9 Å². The molecule has 0 radical (unpaired) electrons. The van der Waals surface area contributed by atoms with Crippen molar-refractivity contribution in [2.75, 3.05) is 0 Å². The minimum atomic E-state index is -0.455. The summed E-state index contributed by atoms with van der Waals surface area (Å²) in [6.07, 6.45) is 0. The lowest BCUT2D eigenvalue weighted by molar-refractivity contribution is -0.134. The maximum atomic E-state index is 11.2. The Bertz CT molecular complexity index is 658. The van der Waals surface area contributed by atoms with E-state index in [9.17, 15) is 9.59 Å². The lowest BCUT2D eigenvalue weighted by Crippen LogP contribution is -2.08. The minimum Gasteiger partial charge on any atom is -0.423 e. The highest BCUT2D eigenvalue weighted by atomic mass is 16.6. The number of carbonyl (C=O) groups excluding carboxylic acids is 2. The molecule has 98 valence electrons. The van der Waals surface area contributed by atoms with Gasteiger partial charge in [0, 0.05) is 19.4 Å². The predicted molar refractivity (Wildman–Crippen MR) is 71.3 cm³/mol. The van der Waals surface area contributed by atoms with Gasteiger partial charge in [-0.2, -0.15) is 0 Å². The first-order chi connectivity index (χ1) is 8.99. The third kappa shape index (κ3) is 2.73. The molecule has 0 amide bonds. The lowest BCUT2D eigenvalue weighted by Gasteiger charge is -2.13. The van der Waals surface area contributed by atoms with Crippen molar-refractivity contribution in [3.63, 3.8) is 0 Å². The van der Waals surface area contributed by atoms with Gasteiger partial charge in [0.1, 0.15) is 0 Å². The Labute approximate surface area is 110 Å². The fourth-order valence-corrected chi connectivity index (χ4v) is 1.98. The minimum absolute atomic E-state index is 0.263. The van der Waals surface area contributed by atoms with Gasteiger partial charge in [0.05, 0.1) is 0 Å². The molecule has 0 unspecified atom stereocenters. The number of fused-ring (bicyclic) bond motifs is 1. The second-order valence-corrected chi connectivity index (χ2v) is 4.24. The zero-order valence-electron chi connectivity index (χ0n) is 11.0. The van der Waals surface area contributed by atoms with Gasteiger partial charge in [-0.1, -0.05) is 24.3 Å². The molecule has 0 heterocycles. The van der Waals surface area contributed by atoms with Crippen molar-refractivity contribution in [3.8, 4) is 11.5 Å². The van der Waals surface area contributed by atoms with Crippen molar-refractivity contribution < 1.29 is 19.1 Å². The smallest absolute Gasteiger partial charge is 0.308 e. The molecule has 0 saturated heterocycles. The highest BCUT2D eigenvalue weighted by molar-refractivity contribution is 5.91. The number of esters is 2. The van der Waals surface area contributed by atoms with E-state index in [-0.39, 0.29) is 5.75 Å². The van der Waals surface area contributed by atoms with Crippen LogP contribution in [0.5, 0.6) is 11.5 Å². The molecular weight excluding hydrogens is 244 g/mol.